The molecule has 2 heteroatoms. The number of fused-ring (bicyclic) bond motifs is 2. The van der Waals surface area contributed by atoms with Crippen molar-refractivity contribution in [2.24, 2.45) is 0 Å². The number of aliphatic hydroxyl groups excluding tert-OH is 1. The van der Waals surface area contributed by atoms with Gasteiger partial charge in [-0.3, -0.25) is 0 Å². The number of hydrogen-bond acceptors (Lipinski definition) is 2. The number of allylic oxidation sites excluding steroid dienone is 1. The first kappa shape index (κ1) is 14.2. The van der Waals surface area contributed by atoms with Gasteiger partial charge in [-0.1, -0.05) is 54.6 Å². The van der Waals surface area contributed by atoms with Gasteiger partial charge in [0.25, 0.3) is 0 Å². The van der Waals surface area contributed by atoms with Crippen molar-refractivity contribution < 1.29 is 5.11 Å². The molecule has 0 saturated carbocycles. The molecule has 106 valence electrons. The first-order valence-corrected chi connectivity index (χ1v) is 8.28. The molecule has 0 radical (unpaired) electrons. The fraction of sp³-hybridized carbons (Fsp3) is 0.158. The normalized spacial score (nSPS) is 16.6. The SMILES string of the molecule is CSc1ccc2c(c1)C(C=CCO)c1ccccc1C=C2. The van der Waals surface area contributed by atoms with Crippen LogP contribution in [0.2, 0.25) is 0 Å². The number of hydrogen-bond donors (Lipinski definition) is 1. The van der Waals surface area contributed by atoms with Gasteiger partial charge in [0.15, 0.2) is 0 Å². The van der Waals surface area contributed by atoms with Gasteiger partial charge >= 0.3 is 0 Å². The van der Waals surface area contributed by atoms with Crippen molar-refractivity contribution in [1.82, 2.24) is 0 Å². The molecule has 0 fully saturated rings. The molecule has 2 aromatic carbocycles. The molecule has 0 saturated heterocycles. The van der Waals surface area contributed by atoms with Crippen LogP contribution in [-0.2, 0) is 0 Å². The molecule has 0 spiro atoms. The Morgan fingerprint density at radius 1 is 1.05 bits per heavy atom. The topological polar surface area (TPSA) is 20.2 Å². The van der Waals surface area contributed by atoms with Crippen LogP contribution in [0, 0.1) is 0 Å². The first-order valence-electron chi connectivity index (χ1n) is 7.06. The molecule has 0 bridgehead atoms. The van der Waals surface area contributed by atoms with Crippen molar-refractivity contribution in [3.8, 4) is 0 Å². The maximum atomic E-state index is 9.16. The van der Waals surface area contributed by atoms with Crippen LogP contribution >= 0.6 is 11.8 Å². The molecule has 2 aromatic rings. The van der Waals surface area contributed by atoms with Gasteiger partial charge in [-0.05, 0) is 40.6 Å². The van der Waals surface area contributed by atoms with Crippen molar-refractivity contribution in [3.63, 3.8) is 0 Å². The van der Waals surface area contributed by atoms with E-state index in [4.69, 9.17) is 5.11 Å². The summed E-state index contributed by atoms with van der Waals surface area (Å²) in [6.07, 6.45) is 10.4. The number of thioether (sulfide) groups is 1. The average molecular weight is 294 g/mol. The van der Waals surface area contributed by atoms with Gasteiger partial charge in [0.1, 0.15) is 0 Å². The maximum absolute atomic E-state index is 9.16. The largest absolute Gasteiger partial charge is 0.392 e. The molecule has 1 unspecified atom stereocenters. The zero-order valence-corrected chi connectivity index (χ0v) is 12.8. The van der Waals surface area contributed by atoms with E-state index in [0.717, 1.165) is 0 Å². The second kappa shape index (κ2) is 6.33. The molecule has 1 atom stereocenters. The smallest absolute Gasteiger partial charge is 0.0612 e. The highest BCUT2D eigenvalue weighted by molar-refractivity contribution is 7.98. The molecule has 0 aromatic heterocycles. The van der Waals surface area contributed by atoms with Gasteiger partial charge in [-0.2, -0.15) is 0 Å². The zero-order chi connectivity index (χ0) is 14.7. The number of benzene rings is 2. The Hall–Kier alpha value is -1.77. The highest BCUT2D eigenvalue weighted by Gasteiger charge is 2.19. The highest BCUT2D eigenvalue weighted by Crippen LogP contribution is 2.37. The Morgan fingerprint density at radius 3 is 2.57 bits per heavy atom. The molecule has 1 N–H and O–H groups in total. The van der Waals surface area contributed by atoms with E-state index in [9.17, 15) is 0 Å². The molecule has 0 aliphatic heterocycles. The van der Waals surface area contributed by atoms with Crippen LogP contribution in [0.3, 0.4) is 0 Å². The quantitative estimate of drug-likeness (QED) is 0.661. The van der Waals surface area contributed by atoms with Crippen LogP contribution < -0.4 is 0 Å². The van der Waals surface area contributed by atoms with Crippen LogP contribution in [0.15, 0.2) is 59.5 Å². The van der Waals surface area contributed by atoms with Crippen LogP contribution in [0.1, 0.15) is 28.2 Å². The molecule has 1 aliphatic carbocycles. The average Bonchev–Trinajstić information content (AvgIpc) is 2.69. The molecule has 0 amide bonds. The Kier molecular flexibility index (Phi) is 4.28. The third-order valence-electron chi connectivity index (χ3n) is 3.84. The first-order chi connectivity index (χ1) is 10.3. The molecule has 1 nitrogen and oxygen atoms in total. The fourth-order valence-corrected chi connectivity index (χ4v) is 3.25. The van der Waals surface area contributed by atoms with E-state index >= 15 is 0 Å². The predicted molar refractivity (Wildman–Crippen MR) is 91.7 cm³/mol. The van der Waals surface area contributed by atoms with Crippen LogP contribution in [-0.4, -0.2) is 18.0 Å². The lowest BCUT2D eigenvalue weighted by Crippen LogP contribution is -2.01. The molecule has 3 rings (SSSR count). The summed E-state index contributed by atoms with van der Waals surface area (Å²) in [7, 11) is 0. The van der Waals surface area contributed by atoms with Crippen LogP contribution in [0.25, 0.3) is 12.2 Å². The lowest BCUT2D eigenvalue weighted by Gasteiger charge is -2.17. The highest BCUT2D eigenvalue weighted by atomic mass is 32.2. The van der Waals surface area contributed by atoms with Crippen molar-refractivity contribution in [2.75, 3.05) is 12.9 Å². The minimum Gasteiger partial charge on any atom is -0.392 e. The van der Waals surface area contributed by atoms with Crippen LogP contribution in [0.5, 0.6) is 0 Å². The minimum absolute atomic E-state index is 0.0731. The Labute approximate surface area is 130 Å². The predicted octanol–water partition coefficient (Wildman–Crippen LogP) is 4.57. The Morgan fingerprint density at radius 2 is 1.81 bits per heavy atom. The second-order valence-electron chi connectivity index (χ2n) is 5.05. The van der Waals surface area contributed by atoms with Crippen LogP contribution in [0.4, 0.5) is 0 Å². The van der Waals surface area contributed by atoms with Gasteiger partial charge in [0.05, 0.1) is 6.61 Å². The van der Waals surface area contributed by atoms with Crippen molar-refractivity contribution >= 4 is 23.9 Å². The third kappa shape index (κ3) is 2.82. The summed E-state index contributed by atoms with van der Waals surface area (Å²) < 4.78 is 0. The third-order valence-corrected chi connectivity index (χ3v) is 4.56. The summed E-state index contributed by atoms with van der Waals surface area (Å²) in [4.78, 5) is 1.27. The maximum Gasteiger partial charge on any atom is 0.0612 e. The summed E-state index contributed by atoms with van der Waals surface area (Å²) in [5.41, 5.74) is 5.08. The van der Waals surface area contributed by atoms with E-state index in [1.165, 1.54) is 27.1 Å². The summed E-state index contributed by atoms with van der Waals surface area (Å²) in [6.45, 7) is 0.0731. The van der Waals surface area contributed by atoms with E-state index in [-0.39, 0.29) is 12.5 Å². The summed E-state index contributed by atoms with van der Waals surface area (Å²) >= 11 is 1.76. The van der Waals surface area contributed by atoms with Crippen molar-refractivity contribution in [3.05, 3.63) is 76.9 Å². The number of rotatable bonds is 3. The summed E-state index contributed by atoms with van der Waals surface area (Å²) in [5, 5.41) is 9.16. The lowest BCUT2D eigenvalue weighted by molar-refractivity contribution is 0.342. The number of aliphatic hydroxyl groups is 1. The van der Waals surface area contributed by atoms with Gasteiger partial charge in [-0.25, -0.2) is 0 Å². The van der Waals surface area contributed by atoms with Gasteiger partial charge in [0, 0.05) is 10.8 Å². The minimum atomic E-state index is 0.0731. The summed E-state index contributed by atoms with van der Waals surface area (Å²) in [5.74, 6) is 0.186. The summed E-state index contributed by atoms with van der Waals surface area (Å²) in [6, 6.07) is 15.1. The van der Waals surface area contributed by atoms with Gasteiger partial charge < -0.3 is 5.11 Å². The molecular weight excluding hydrogens is 276 g/mol. The van der Waals surface area contributed by atoms with E-state index < -0.39 is 0 Å². The van der Waals surface area contributed by atoms with E-state index in [2.05, 4.69) is 66.9 Å². The van der Waals surface area contributed by atoms with Gasteiger partial charge in [-0.15, -0.1) is 11.8 Å². The van der Waals surface area contributed by atoms with E-state index in [0.29, 0.717) is 0 Å². The molecule has 21 heavy (non-hydrogen) atoms. The van der Waals surface area contributed by atoms with Crippen molar-refractivity contribution in [2.45, 2.75) is 10.8 Å². The van der Waals surface area contributed by atoms with E-state index in [1.807, 2.05) is 6.08 Å². The second-order valence-corrected chi connectivity index (χ2v) is 5.93. The van der Waals surface area contributed by atoms with Gasteiger partial charge in [0.2, 0.25) is 0 Å². The van der Waals surface area contributed by atoms with E-state index in [1.54, 1.807) is 11.8 Å². The zero-order valence-electron chi connectivity index (χ0n) is 12.0. The Bertz CT molecular complexity index is 700. The standard InChI is InChI=1S/C19H18OS/c1-21-16-11-10-15-9-8-14-5-2-3-6-17(14)18(7-4-12-20)19(15)13-16/h2-11,13,18,20H,12H2,1H3. The fourth-order valence-electron chi connectivity index (χ4n) is 2.80. The van der Waals surface area contributed by atoms with Crippen molar-refractivity contribution in [1.29, 1.82) is 0 Å². The monoisotopic (exact) mass is 294 g/mol. The Balaban J connectivity index is 2.21. The molecular formula is C19H18OS. The molecule has 0 heterocycles. The molecule has 1 aliphatic rings. The lowest BCUT2D eigenvalue weighted by atomic mass is 9.87.